The molecule has 1 aliphatic heterocycles. The Morgan fingerprint density at radius 3 is 2.55 bits per heavy atom. The molecule has 1 amide bonds. The highest BCUT2D eigenvalue weighted by molar-refractivity contribution is 6.07. The third kappa shape index (κ3) is 2.03. The SMILES string of the molecule is CN1C(=O)C(C)(C)c2cc(C(O)c3ccccc3F)ccc21. The molecule has 0 bridgehead atoms. The standard InChI is InChI=1S/C18H18FNO2/c1-18(2)13-10-11(8-9-15(13)20(3)17(18)22)16(21)12-6-4-5-7-14(12)19/h4-10,16,21H,1-3H3. The normalized spacial score (nSPS) is 17.5. The molecular weight excluding hydrogens is 281 g/mol. The molecule has 1 atom stereocenters. The summed E-state index contributed by atoms with van der Waals surface area (Å²) in [6.07, 6.45) is -1.05. The zero-order valence-corrected chi connectivity index (χ0v) is 12.8. The summed E-state index contributed by atoms with van der Waals surface area (Å²) in [5, 5.41) is 10.5. The highest BCUT2D eigenvalue weighted by Gasteiger charge is 2.42. The number of hydrogen-bond donors (Lipinski definition) is 1. The van der Waals surface area contributed by atoms with E-state index >= 15 is 0 Å². The predicted molar refractivity (Wildman–Crippen MR) is 83.3 cm³/mol. The van der Waals surface area contributed by atoms with Crippen molar-refractivity contribution < 1.29 is 14.3 Å². The van der Waals surface area contributed by atoms with Gasteiger partial charge in [0.25, 0.3) is 0 Å². The molecule has 4 heteroatoms. The molecule has 0 radical (unpaired) electrons. The molecule has 0 aromatic heterocycles. The number of amides is 1. The Morgan fingerprint density at radius 1 is 1.18 bits per heavy atom. The van der Waals surface area contributed by atoms with Gasteiger partial charge in [-0.05, 0) is 43.2 Å². The summed E-state index contributed by atoms with van der Waals surface area (Å²) >= 11 is 0. The van der Waals surface area contributed by atoms with Crippen molar-refractivity contribution in [3.63, 3.8) is 0 Å². The number of likely N-dealkylation sites (N-methyl/N-ethyl adjacent to an activating group) is 1. The van der Waals surface area contributed by atoms with Gasteiger partial charge < -0.3 is 10.0 Å². The number of halogens is 1. The minimum atomic E-state index is -1.05. The van der Waals surface area contributed by atoms with Crippen LogP contribution in [0.15, 0.2) is 42.5 Å². The Kier molecular flexibility index (Phi) is 3.29. The van der Waals surface area contributed by atoms with Gasteiger partial charge >= 0.3 is 0 Å². The van der Waals surface area contributed by atoms with Crippen LogP contribution in [0.3, 0.4) is 0 Å². The van der Waals surface area contributed by atoms with Gasteiger partial charge in [-0.25, -0.2) is 4.39 Å². The summed E-state index contributed by atoms with van der Waals surface area (Å²) in [6.45, 7) is 3.72. The summed E-state index contributed by atoms with van der Waals surface area (Å²) in [5.41, 5.74) is 1.86. The maximum atomic E-state index is 13.9. The van der Waals surface area contributed by atoms with E-state index in [-0.39, 0.29) is 11.5 Å². The van der Waals surface area contributed by atoms with E-state index in [1.54, 1.807) is 48.3 Å². The highest BCUT2D eigenvalue weighted by Crippen LogP contribution is 2.42. The van der Waals surface area contributed by atoms with E-state index in [2.05, 4.69) is 0 Å². The molecule has 3 nitrogen and oxygen atoms in total. The van der Waals surface area contributed by atoms with Gasteiger partial charge in [-0.3, -0.25) is 4.79 Å². The third-order valence-electron chi connectivity index (χ3n) is 4.41. The number of rotatable bonds is 2. The summed E-state index contributed by atoms with van der Waals surface area (Å²) < 4.78 is 13.9. The zero-order valence-electron chi connectivity index (χ0n) is 12.8. The molecule has 1 N–H and O–H groups in total. The van der Waals surface area contributed by atoms with Crippen LogP contribution in [0, 0.1) is 5.82 Å². The Bertz CT molecular complexity index is 755. The van der Waals surface area contributed by atoms with Gasteiger partial charge in [0.1, 0.15) is 11.9 Å². The second kappa shape index (κ2) is 4.92. The molecule has 0 fully saturated rings. The number of anilines is 1. The average Bonchev–Trinajstić information content (AvgIpc) is 2.68. The average molecular weight is 299 g/mol. The lowest BCUT2D eigenvalue weighted by atomic mass is 9.84. The van der Waals surface area contributed by atoms with Crippen molar-refractivity contribution in [1.29, 1.82) is 0 Å². The summed E-state index contributed by atoms with van der Waals surface area (Å²) in [4.78, 5) is 13.9. The van der Waals surface area contributed by atoms with E-state index in [1.807, 2.05) is 13.8 Å². The number of nitrogens with zero attached hydrogens (tertiary/aromatic N) is 1. The molecule has 2 aromatic carbocycles. The Balaban J connectivity index is 2.08. The van der Waals surface area contributed by atoms with E-state index in [1.165, 1.54) is 6.07 Å². The number of carbonyl (C=O) groups excluding carboxylic acids is 1. The van der Waals surface area contributed by atoms with Gasteiger partial charge in [-0.1, -0.05) is 24.3 Å². The lowest BCUT2D eigenvalue weighted by Gasteiger charge is -2.18. The molecule has 0 saturated carbocycles. The minimum absolute atomic E-state index is 0.0139. The fourth-order valence-corrected chi connectivity index (χ4v) is 3.04. The molecule has 1 heterocycles. The van der Waals surface area contributed by atoms with Crippen LogP contribution in [0.1, 0.15) is 36.6 Å². The molecule has 1 aliphatic rings. The van der Waals surface area contributed by atoms with Crippen LogP contribution in [0.25, 0.3) is 0 Å². The fraction of sp³-hybridized carbons (Fsp3) is 0.278. The Hall–Kier alpha value is -2.20. The maximum absolute atomic E-state index is 13.9. The van der Waals surface area contributed by atoms with E-state index in [0.29, 0.717) is 5.56 Å². The summed E-state index contributed by atoms with van der Waals surface area (Å²) in [7, 11) is 1.74. The van der Waals surface area contributed by atoms with E-state index < -0.39 is 17.3 Å². The number of benzene rings is 2. The molecule has 0 saturated heterocycles. The van der Waals surface area contributed by atoms with Crippen molar-refractivity contribution in [2.24, 2.45) is 0 Å². The molecule has 2 aromatic rings. The topological polar surface area (TPSA) is 40.5 Å². The first-order chi connectivity index (χ1) is 10.3. The van der Waals surface area contributed by atoms with Gasteiger partial charge in [0.2, 0.25) is 5.91 Å². The second-order valence-electron chi connectivity index (χ2n) is 6.19. The van der Waals surface area contributed by atoms with Gasteiger partial charge in [-0.2, -0.15) is 0 Å². The van der Waals surface area contributed by atoms with E-state index in [9.17, 15) is 14.3 Å². The van der Waals surface area contributed by atoms with Crippen LogP contribution in [0.5, 0.6) is 0 Å². The van der Waals surface area contributed by atoms with Crippen molar-refractivity contribution in [2.45, 2.75) is 25.4 Å². The lowest BCUT2D eigenvalue weighted by Crippen LogP contribution is -2.33. The van der Waals surface area contributed by atoms with Crippen LogP contribution >= 0.6 is 0 Å². The van der Waals surface area contributed by atoms with Gasteiger partial charge in [0.05, 0.1) is 5.41 Å². The van der Waals surface area contributed by atoms with Gasteiger partial charge in [-0.15, -0.1) is 0 Å². The number of hydrogen-bond acceptors (Lipinski definition) is 2. The number of fused-ring (bicyclic) bond motifs is 1. The van der Waals surface area contributed by atoms with Crippen molar-refractivity contribution >= 4 is 11.6 Å². The minimum Gasteiger partial charge on any atom is -0.384 e. The molecule has 3 rings (SSSR count). The first-order valence-electron chi connectivity index (χ1n) is 7.19. The lowest BCUT2D eigenvalue weighted by molar-refractivity contribution is -0.121. The highest BCUT2D eigenvalue weighted by atomic mass is 19.1. The van der Waals surface area contributed by atoms with E-state index in [0.717, 1.165) is 11.3 Å². The van der Waals surface area contributed by atoms with Crippen molar-refractivity contribution in [2.75, 3.05) is 11.9 Å². The first kappa shape index (κ1) is 14.7. The second-order valence-corrected chi connectivity index (χ2v) is 6.19. The Labute approximate surface area is 129 Å². The third-order valence-corrected chi connectivity index (χ3v) is 4.41. The molecule has 1 unspecified atom stereocenters. The molecule has 22 heavy (non-hydrogen) atoms. The summed E-state index contributed by atoms with van der Waals surface area (Å²) in [5.74, 6) is -0.428. The first-order valence-corrected chi connectivity index (χ1v) is 7.19. The van der Waals surface area contributed by atoms with Crippen LogP contribution in [0.2, 0.25) is 0 Å². The quantitative estimate of drug-likeness (QED) is 0.925. The molecule has 0 spiro atoms. The van der Waals surface area contributed by atoms with Crippen molar-refractivity contribution in [1.82, 2.24) is 0 Å². The predicted octanol–water partition coefficient (Wildman–Crippen LogP) is 3.16. The fourth-order valence-electron chi connectivity index (χ4n) is 3.04. The molecular formula is C18H18FNO2. The monoisotopic (exact) mass is 299 g/mol. The number of carbonyl (C=O) groups is 1. The maximum Gasteiger partial charge on any atom is 0.236 e. The van der Waals surface area contributed by atoms with Crippen molar-refractivity contribution in [3.8, 4) is 0 Å². The van der Waals surface area contributed by atoms with E-state index in [4.69, 9.17) is 0 Å². The van der Waals surface area contributed by atoms with Crippen LogP contribution < -0.4 is 4.90 Å². The number of aliphatic hydroxyl groups is 1. The van der Waals surface area contributed by atoms with Gasteiger partial charge in [0, 0.05) is 18.3 Å². The smallest absolute Gasteiger partial charge is 0.236 e. The van der Waals surface area contributed by atoms with Crippen LogP contribution in [0.4, 0.5) is 10.1 Å². The summed E-state index contributed by atoms with van der Waals surface area (Å²) in [6, 6.07) is 11.5. The van der Waals surface area contributed by atoms with Gasteiger partial charge in [0.15, 0.2) is 0 Å². The largest absolute Gasteiger partial charge is 0.384 e. The van der Waals surface area contributed by atoms with Crippen molar-refractivity contribution in [3.05, 3.63) is 65.0 Å². The molecule has 114 valence electrons. The zero-order chi connectivity index (χ0) is 16.1. The van der Waals surface area contributed by atoms with Crippen LogP contribution in [-0.4, -0.2) is 18.1 Å². The molecule has 0 aliphatic carbocycles. The Morgan fingerprint density at radius 2 is 1.86 bits per heavy atom. The number of aliphatic hydroxyl groups excluding tert-OH is 1. The van der Waals surface area contributed by atoms with Crippen LogP contribution in [-0.2, 0) is 10.2 Å².